The summed E-state index contributed by atoms with van der Waals surface area (Å²) in [5.74, 6) is 0.294. The summed E-state index contributed by atoms with van der Waals surface area (Å²) in [5, 5.41) is 8.77. The first-order valence-corrected chi connectivity index (χ1v) is 7.81. The zero-order valence-corrected chi connectivity index (χ0v) is 12.8. The summed E-state index contributed by atoms with van der Waals surface area (Å²) >= 11 is 0. The number of methoxy groups -OCH3 is 1. The molecule has 118 valence electrons. The van der Waals surface area contributed by atoms with Gasteiger partial charge in [0.1, 0.15) is 5.75 Å². The third-order valence-corrected chi connectivity index (χ3v) is 4.69. The Morgan fingerprint density at radius 3 is 2.95 bits per heavy atom. The predicted octanol–water partition coefficient (Wildman–Crippen LogP) is 2.32. The van der Waals surface area contributed by atoms with Crippen LogP contribution in [0.2, 0.25) is 0 Å². The number of aliphatic carboxylic acids is 1. The van der Waals surface area contributed by atoms with Crippen LogP contribution in [0.4, 0.5) is 0 Å². The molecule has 5 heteroatoms. The standard InChI is InChI=1S/C17H21NO4/c1-22-15-10-13-11(9-12(15)3-2-4-17(20)21)7-8-18-14(13)5-6-16(18)19/h9-10,14H,2-8H2,1H3,(H,20,21). The number of carboxylic acid groups (broad SMARTS) is 1. The average molecular weight is 303 g/mol. The van der Waals surface area contributed by atoms with Crippen molar-refractivity contribution >= 4 is 11.9 Å². The van der Waals surface area contributed by atoms with E-state index in [9.17, 15) is 9.59 Å². The molecule has 1 saturated heterocycles. The molecule has 1 atom stereocenters. The van der Waals surface area contributed by atoms with Crippen molar-refractivity contribution in [2.45, 2.75) is 44.6 Å². The van der Waals surface area contributed by atoms with Crippen LogP contribution in [0, 0.1) is 0 Å². The third-order valence-electron chi connectivity index (χ3n) is 4.69. The maximum Gasteiger partial charge on any atom is 0.303 e. The number of hydrogen-bond acceptors (Lipinski definition) is 3. The van der Waals surface area contributed by atoms with Crippen molar-refractivity contribution in [3.05, 3.63) is 28.8 Å². The lowest BCUT2D eigenvalue weighted by Crippen LogP contribution is -2.34. The lowest BCUT2D eigenvalue weighted by atomic mass is 9.89. The Hall–Kier alpha value is -2.04. The first kappa shape index (κ1) is 14.9. The number of fused-ring (bicyclic) bond motifs is 3. The summed E-state index contributed by atoms with van der Waals surface area (Å²) in [5.41, 5.74) is 3.55. The smallest absolute Gasteiger partial charge is 0.303 e. The molecular weight excluding hydrogens is 282 g/mol. The fraction of sp³-hybridized carbons (Fsp3) is 0.529. The van der Waals surface area contributed by atoms with Crippen molar-refractivity contribution in [2.24, 2.45) is 0 Å². The maximum absolute atomic E-state index is 11.9. The monoisotopic (exact) mass is 303 g/mol. The van der Waals surface area contributed by atoms with Crippen LogP contribution in [0.5, 0.6) is 5.75 Å². The van der Waals surface area contributed by atoms with Gasteiger partial charge in [-0.2, -0.15) is 0 Å². The number of rotatable bonds is 5. The third kappa shape index (κ3) is 2.67. The lowest BCUT2D eigenvalue weighted by Gasteiger charge is -2.32. The number of aryl methyl sites for hydroxylation is 1. The first-order valence-electron chi connectivity index (χ1n) is 7.81. The molecule has 0 bridgehead atoms. The fourth-order valence-electron chi connectivity index (χ4n) is 3.61. The SMILES string of the molecule is COc1cc2c(cc1CCCC(=O)O)CCN1C(=O)CCC21. The molecule has 0 aromatic heterocycles. The van der Waals surface area contributed by atoms with Gasteiger partial charge < -0.3 is 14.7 Å². The minimum absolute atomic E-state index is 0.172. The molecule has 0 radical (unpaired) electrons. The van der Waals surface area contributed by atoms with Gasteiger partial charge in [0.25, 0.3) is 0 Å². The largest absolute Gasteiger partial charge is 0.496 e. The van der Waals surface area contributed by atoms with Crippen LogP contribution in [0.15, 0.2) is 12.1 Å². The maximum atomic E-state index is 11.9. The van der Waals surface area contributed by atoms with Gasteiger partial charge in [0.15, 0.2) is 0 Å². The van der Waals surface area contributed by atoms with Crippen molar-refractivity contribution in [1.29, 1.82) is 0 Å². The van der Waals surface area contributed by atoms with E-state index in [1.807, 2.05) is 4.90 Å². The summed E-state index contributed by atoms with van der Waals surface area (Å²) in [6, 6.07) is 4.40. The van der Waals surface area contributed by atoms with E-state index in [0.717, 1.165) is 30.7 Å². The van der Waals surface area contributed by atoms with Crippen LogP contribution < -0.4 is 4.74 Å². The van der Waals surface area contributed by atoms with Gasteiger partial charge in [-0.3, -0.25) is 9.59 Å². The van der Waals surface area contributed by atoms with Gasteiger partial charge in [-0.25, -0.2) is 0 Å². The average Bonchev–Trinajstić information content (AvgIpc) is 2.88. The number of hydrogen-bond donors (Lipinski definition) is 1. The molecule has 1 aromatic rings. The first-order chi connectivity index (χ1) is 10.6. The van der Waals surface area contributed by atoms with E-state index in [4.69, 9.17) is 9.84 Å². The molecular formula is C17H21NO4. The molecule has 5 nitrogen and oxygen atoms in total. The topological polar surface area (TPSA) is 66.8 Å². The van der Waals surface area contributed by atoms with E-state index in [0.29, 0.717) is 19.3 Å². The molecule has 2 aliphatic rings. The Morgan fingerprint density at radius 1 is 1.41 bits per heavy atom. The Balaban J connectivity index is 1.86. The van der Waals surface area contributed by atoms with Gasteiger partial charge in [-0.1, -0.05) is 6.07 Å². The molecule has 0 saturated carbocycles. The highest BCUT2D eigenvalue weighted by Crippen LogP contribution is 2.41. The molecule has 0 aliphatic carbocycles. The zero-order valence-electron chi connectivity index (χ0n) is 12.8. The van der Waals surface area contributed by atoms with E-state index in [2.05, 4.69) is 12.1 Å². The summed E-state index contributed by atoms with van der Waals surface area (Å²) in [7, 11) is 1.64. The quantitative estimate of drug-likeness (QED) is 0.906. The summed E-state index contributed by atoms with van der Waals surface area (Å²) in [6.07, 6.45) is 3.87. The fourth-order valence-corrected chi connectivity index (χ4v) is 3.61. The number of carboxylic acids is 1. The van der Waals surface area contributed by atoms with Crippen LogP contribution in [-0.4, -0.2) is 35.5 Å². The van der Waals surface area contributed by atoms with Crippen molar-refractivity contribution in [3.8, 4) is 5.75 Å². The molecule has 1 aromatic carbocycles. The van der Waals surface area contributed by atoms with E-state index < -0.39 is 5.97 Å². The van der Waals surface area contributed by atoms with Crippen molar-refractivity contribution in [3.63, 3.8) is 0 Å². The van der Waals surface area contributed by atoms with E-state index in [1.54, 1.807) is 7.11 Å². The van der Waals surface area contributed by atoms with E-state index >= 15 is 0 Å². The molecule has 1 unspecified atom stereocenters. The highest BCUT2D eigenvalue weighted by Gasteiger charge is 2.36. The number of ether oxygens (including phenoxy) is 1. The lowest BCUT2D eigenvalue weighted by molar-refractivity contribution is -0.137. The second-order valence-electron chi connectivity index (χ2n) is 6.00. The molecule has 1 amide bonds. The molecule has 1 fully saturated rings. The van der Waals surface area contributed by atoms with Crippen molar-refractivity contribution in [1.82, 2.24) is 4.90 Å². The normalized spacial score (nSPS) is 19.8. The molecule has 2 heterocycles. The molecule has 0 spiro atoms. The van der Waals surface area contributed by atoms with Gasteiger partial charge in [0, 0.05) is 19.4 Å². The minimum atomic E-state index is -0.767. The Kier molecular flexibility index (Phi) is 4.05. The Labute approximate surface area is 129 Å². The second kappa shape index (κ2) is 5.99. The minimum Gasteiger partial charge on any atom is -0.496 e. The van der Waals surface area contributed by atoms with Gasteiger partial charge in [0.05, 0.1) is 13.2 Å². The Bertz CT molecular complexity index is 611. The molecule has 22 heavy (non-hydrogen) atoms. The van der Waals surface area contributed by atoms with E-state index in [-0.39, 0.29) is 18.4 Å². The predicted molar refractivity (Wildman–Crippen MR) is 81.0 cm³/mol. The number of benzene rings is 1. The van der Waals surface area contributed by atoms with Gasteiger partial charge in [0.2, 0.25) is 5.91 Å². The number of amides is 1. The summed E-state index contributed by atoms with van der Waals surface area (Å²) in [6.45, 7) is 0.789. The van der Waals surface area contributed by atoms with Crippen LogP contribution in [0.1, 0.15) is 48.4 Å². The number of nitrogens with zero attached hydrogens (tertiary/aromatic N) is 1. The second-order valence-corrected chi connectivity index (χ2v) is 6.00. The van der Waals surface area contributed by atoms with Crippen LogP contribution in [-0.2, 0) is 22.4 Å². The van der Waals surface area contributed by atoms with Crippen LogP contribution >= 0.6 is 0 Å². The van der Waals surface area contributed by atoms with Gasteiger partial charge in [-0.15, -0.1) is 0 Å². The van der Waals surface area contributed by atoms with Crippen LogP contribution in [0.3, 0.4) is 0 Å². The molecule has 2 aliphatic heterocycles. The molecule has 1 N–H and O–H groups in total. The highest BCUT2D eigenvalue weighted by molar-refractivity contribution is 5.79. The number of carbonyl (C=O) groups excluding carboxylic acids is 1. The number of carbonyl (C=O) groups is 2. The highest BCUT2D eigenvalue weighted by atomic mass is 16.5. The zero-order chi connectivity index (χ0) is 15.7. The summed E-state index contributed by atoms with van der Waals surface area (Å²) in [4.78, 5) is 24.5. The van der Waals surface area contributed by atoms with Crippen molar-refractivity contribution in [2.75, 3.05) is 13.7 Å². The molecule has 3 rings (SSSR count). The van der Waals surface area contributed by atoms with Gasteiger partial charge >= 0.3 is 5.97 Å². The van der Waals surface area contributed by atoms with Gasteiger partial charge in [-0.05, 0) is 48.4 Å². The summed E-state index contributed by atoms with van der Waals surface area (Å²) < 4.78 is 5.49. The van der Waals surface area contributed by atoms with Crippen molar-refractivity contribution < 1.29 is 19.4 Å². The van der Waals surface area contributed by atoms with Crippen LogP contribution in [0.25, 0.3) is 0 Å². The Morgan fingerprint density at radius 2 is 2.23 bits per heavy atom. The van der Waals surface area contributed by atoms with E-state index in [1.165, 1.54) is 11.1 Å².